The Balaban J connectivity index is 3.63. The molecule has 0 N–H and O–H groups in total. The zero-order valence-electron chi connectivity index (χ0n) is 7.87. The number of hydrogen-bond acceptors (Lipinski definition) is 4. The van der Waals surface area contributed by atoms with Crippen molar-refractivity contribution in [2.45, 2.75) is 26.6 Å². The molecule has 0 radical (unpaired) electrons. The molecule has 0 heterocycles. The Morgan fingerprint density at radius 1 is 1.69 bits per heavy atom. The van der Waals surface area contributed by atoms with Crippen molar-refractivity contribution in [1.82, 2.24) is 0 Å². The molecule has 0 aromatic rings. The minimum absolute atomic E-state index is 0.265. The highest BCUT2D eigenvalue weighted by atomic mass is 16.7. The first-order chi connectivity index (χ1) is 6.07. The molecule has 0 bridgehead atoms. The molecular formula is C9H13NO3. The lowest BCUT2D eigenvalue weighted by molar-refractivity contribution is -0.169. The Hall–Kier alpha value is -1.34. The summed E-state index contributed by atoms with van der Waals surface area (Å²) in [6.07, 6.45) is -0.341. The van der Waals surface area contributed by atoms with E-state index >= 15 is 0 Å². The van der Waals surface area contributed by atoms with Gasteiger partial charge < -0.3 is 9.47 Å². The van der Waals surface area contributed by atoms with Gasteiger partial charge in [0.2, 0.25) is 6.29 Å². The van der Waals surface area contributed by atoms with Crippen molar-refractivity contribution >= 4 is 5.97 Å². The average molecular weight is 183 g/mol. The van der Waals surface area contributed by atoms with E-state index in [0.29, 0.717) is 5.57 Å². The van der Waals surface area contributed by atoms with Crippen molar-refractivity contribution in [1.29, 1.82) is 5.26 Å². The standard InChI is InChI=1S/C9H13NO3/c1-7(2)9(11)13-8(3)12-6-4-5-10/h8H,1,4,6H2,2-3H3. The predicted octanol–water partition coefficient (Wildman–Crippen LogP) is 1.38. The number of nitrogens with zero attached hydrogens (tertiary/aromatic N) is 1. The van der Waals surface area contributed by atoms with E-state index in [0.717, 1.165) is 0 Å². The van der Waals surface area contributed by atoms with E-state index in [1.165, 1.54) is 0 Å². The molecular weight excluding hydrogens is 170 g/mol. The third-order valence-electron chi connectivity index (χ3n) is 1.19. The highest BCUT2D eigenvalue weighted by Gasteiger charge is 2.09. The minimum atomic E-state index is -0.627. The van der Waals surface area contributed by atoms with E-state index in [4.69, 9.17) is 14.7 Å². The van der Waals surface area contributed by atoms with Crippen molar-refractivity contribution in [3.8, 4) is 6.07 Å². The molecule has 4 nitrogen and oxygen atoms in total. The predicted molar refractivity (Wildman–Crippen MR) is 46.6 cm³/mol. The molecule has 0 aromatic heterocycles. The van der Waals surface area contributed by atoms with Crippen LogP contribution in [-0.2, 0) is 14.3 Å². The molecule has 4 heteroatoms. The molecule has 0 saturated heterocycles. The first-order valence-electron chi connectivity index (χ1n) is 3.93. The highest BCUT2D eigenvalue weighted by Crippen LogP contribution is 1.99. The number of hydrogen-bond donors (Lipinski definition) is 0. The van der Waals surface area contributed by atoms with Crippen molar-refractivity contribution in [2.24, 2.45) is 0 Å². The third kappa shape index (κ3) is 5.88. The van der Waals surface area contributed by atoms with Crippen LogP contribution in [0.1, 0.15) is 20.3 Å². The molecule has 0 amide bonds. The van der Waals surface area contributed by atoms with Gasteiger partial charge in [-0.15, -0.1) is 0 Å². The van der Waals surface area contributed by atoms with Gasteiger partial charge in [0.25, 0.3) is 0 Å². The lowest BCUT2D eigenvalue weighted by atomic mass is 10.4. The van der Waals surface area contributed by atoms with E-state index in [2.05, 4.69) is 6.58 Å². The summed E-state index contributed by atoms with van der Waals surface area (Å²) in [6.45, 7) is 6.84. The fraction of sp³-hybridized carbons (Fsp3) is 0.556. The van der Waals surface area contributed by atoms with Crippen molar-refractivity contribution in [3.05, 3.63) is 12.2 Å². The van der Waals surface area contributed by atoms with Gasteiger partial charge in [0.05, 0.1) is 19.1 Å². The van der Waals surface area contributed by atoms with Gasteiger partial charge >= 0.3 is 5.97 Å². The van der Waals surface area contributed by atoms with Gasteiger partial charge in [0.1, 0.15) is 0 Å². The second-order valence-electron chi connectivity index (χ2n) is 2.53. The van der Waals surface area contributed by atoms with Gasteiger partial charge in [-0.05, 0) is 13.8 Å². The van der Waals surface area contributed by atoms with E-state index in [9.17, 15) is 4.79 Å². The van der Waals surface area contributed by atoms with Gasteiger partial charge in [0.15, 0.2) is 0 Å². The molecule has 0 aliphatic heterocycles. The van der Waals surface area contributed by atoms with Crippen LogP contribution < -0.4 is 0 Å². The molecule has 0 fully saturated rings. The fourth-order valence-electron chi connectivity index (χ4n) is 0.556. The van der Waals surface area contributed by atoms with E-state index in [-0.39, 0.29) is 13.0 Å². The summed E-state index contributed by atoms with van der Waals surface area (Å²) in [5, 5.41) is 8.20. The van der Waals surface area contributed by atoms with Crippen LogP contribution in [0.25, 0.3) is 0 Å². The number of carbonyl (C=O) groups is 1. The summed E-state index contributed by atoms with van der Waals surface area (Å²) < 4.78 is 9.78. The second-order valence-corrected chi connectivity index (χ2v) is 2.53. The summed E-state index contributed by atoms with van der Waals surface area (Å²) >= 11 is 0. The van der Waals surface area contributed by atoms with Gasteiger partial charge in [-0.25, -0.2) is 4.79 Å². The first kappa shape index (κ1) is 11.7. The number of carbonyl (C=O) groups excluding carboxylic acids is 1. The topological polar surface area (TPSA) is 59.3 Å². The second kappa shape index (κ2) is 6.21. The highest BCUT2D eigenvalue weighted by molar-refractivity contribution is 5.86. The molecule has 13 heavy (non-hydrogen) atoms. The van der Waals surface area contributed by atoms with E-state index < -0.39 is 12.3 Å². The van der Waals surface area contributed by atoms with Crippen LogP contribution in [-0.4, -0.2) is 18.9 Å². The fourth-order valence-corrected chi connectivity index (χ4v) is 0.556. The molecule has 72 valence electrons. The average Bonchev–Trinajstić information content (AvgIpc) is 2.04. The van der Waals surface area contributed by atoms with Crippen LogP contribution in [0.15, 0.2) is 12.2 Å². The molecule has 0 saturated carbocycles. The number of nitriles is 1. The van der Waals surface area contributed by atoms with E-state index in [1.54, 1.807) is 13.8 Å². The third-order valence-corrected chi connectivity index (χ3v) is 1.19. The normalized spacial score (nSPS) is 11.5. The van der Waals surface area contributed by atoms with Crippen LogP contribution >= 0.6 is 0 Å². The quantitative estimate of drug-likeness (QED) is 0.279. The summed E-state index contributed by atoms with van der Waals surface area (Å²) in [4.78, 5) is 10.9. The molecule has 1 atom stereocenters. The SMILES string of the molecule is C=C(C)C(=O)OC(C)OCCC#N. The largest absolute Gasteiger partial charge is 0.433 e. The summed E-state index contributed by atoms with van der Waals surface area (Å²) in [6, 6.07) is 1.92. The number of esters is 1. The molecule has 0 aliphatic carbocycles. The number of ether oxygens (including phenoxy) is 2. The van der Waals surface area contributed by atoms with Crippen LogP contribution in [0.5, 0.6) is 0 Å². The van der Waals surface area contributed by atoms with E-state index in [1.807, 2.05) is 6.07 Å². The number of rotatable bonds is 5. The van der Waals surface area contributed by atoms with Crippen molar-refractivity contribution in [2.75, 3.05) is 6.61 Å². The van der Waals surface area contributed by atoms with Gasteiger partial charge in [-0.1, -0.05) is 6.58 Å². The minimum Gasteiger partial charge on any atom is -0.433 e. The summed E-state index contributed by atoms with van der Waals surface area (Å²) in [5.41, 5.74) is 0.329. The van der Waals surface area contributed by atoms with Gasteiger partial charge in [-0.2, -0.15) is 5.26 Å². The van der Waals surface area contributed by atoms with Gasteiger partial charge in [-0.3, -0.25) is 0 Å². The molecule has 0 spiro atoms. The molecule has 0 rings (SSSR count). The zero-order chi connectivity index (χ0) is 10.3. The van der Waals surface area contributed by atoms with Crippen molar-refractivity contribution < 1.29 is 14.3 Å². The molecule has 0 aliphatic rings. The maximum Gasteiger partial charge on any atom is 0.335 e. The monoisotopic (exact) mass is 183 g/mol. The maximum absolute atomic E-state index is 10.9. The van der Waals surface area contributed by atoms with Crippen molar-refractivity contribution in [3.63, 3.8) is 0 Å². The smallest absolute Gasteiger partial charge is 0.335 e. The Kier molecular flexibility index (Phi) is 5.57. The van der Waals surface area contributed by atoms with Crippen LogP contribution in [0.4, 0.5) is 0 Å². The zero-order valence-corrected chi connectivity index (χ0v) is 7.87. The van der Waals surface area contributed by atoms with Crippen LogP contribution in [0.3, 0.4) is 0 Å². The Morgan fingerprint density at radius 2 is 2.31 bits per heavy atom. The van der Waals surface area contributed by atoms with Gasteiger partial charge in [0, 0.05) is 5.57 Å². The molecule has 1 unspecified atom stereocenters. The molecule has 0 aromatic carbocycles. The Labute approximate surface area is 77.8 Å². The Bertz CT molecular complexity index is 230. The lowest BCUT2D eigenvalue weighted by Gasteiger charge is -2.12. The van der Waals surface area contributed by atoms with Crippen LogP contribution in [0.2, 0.25) is 0 Å². The summed E-state index contributed by atoms with van der Waals surface area (Å²) in [7, 11) is 0. The maximum atomic E-state index is 10.9. The summed E-state index contributed by atoms with van der Waals surface area (Å²) in [5.74, 6) is -0.482. The first-order valence-corrected chi connectivity index (χ1v) is 3.93. The lowest BCUT2D eigenvalue weighted by Crippen LogP contribution is -2.18. The van der Waals surface area contributed by atoms with Crippen LogP contribution in [0, 0.1) is 11.3 Å². The Morgan fingerprint density at radius 3 is 2.77 bits per heavy atom.